The van der Waals surface area contributed by atoms with Crippen LogP contribution in [0.1, 0.15) is 239 Å². The lowest BCUT2D eigenvalue weighted by atomic mass is 10.0. The van der Waals surface area contributed by atoms with Crippen LogP contribution in [0.15, 0.2) is 134 Å². The minimum atomic E-state index is -4.48. The predicted molar refractivity (Wildman–Crippen MR) is 341 cm³/mol. The summed E-state index contributed by atoms with van der Waals surface area (Å²) >= 11 is 0. The molecule has 2 N–H and O–H groups in total. The second-order valence-electron chi connectivity index (χ2n) is 21.8. The lowest BCUT2D eigenvalue weighted by molar-refractivity contribution is -0.870. The van der Waals surface area contributed by atoms with Crippen LogP contribution in [0, 0.1) is 0 Å². The fourth-order valence-corrected chi connectivity index (χ4v) is 8.96. The maximum atomic E-state index is 13.5. The Bertz CT molecular complexity index is 1810. The predicted octanol–water partition coefficient (Wildman–Crippen LogP) is 19.7. The molecule has 79 heavy (non-hydrogen) atoms. The molecule has 0 aromatic heterocycles. The van der Waals surface area contributed by atoms with E-state index in [4.69, 9.17) is 13.8 Å². The molecule has 0 saturated heterocycles. The number of esters is 1. The van der Waals surface area contributed by atoms with Crippen molar-refractivity contribution in [2.75, 3.05) is 40.9 Å². The average Bonchev–Trinajstić information content (AvgIpc) is 3.41. The Morgan fingerprint density at radius 2 is 0.823 bits per heavy atom. The van der Waals surface area contributed by atoms with E-state index in [9.17, 15) is 19.0 Å². The first kappa shape index (κ1) is 75.2. The molecule has 0 aliphatic carbocycles. The van der Waals surface area contributed by atoms with E-state index in [1.807, 2.05) is 33.3 Å². The third kappa shape index (κ3) is 58.6. The van der Waals surface area contributed by atoms with E-state index in [1.54, 1.807) is 0 Å². The summed E-state index contributed by atoms with van der Waals surface area (Å²) in [5.41, 5.74) is 0. The summed E-state index contributed by atoms with van der Waals surface area (Å²) in [6.45, 7) is 6.79. The van der Waals surface area contributed by atoms with Crippen molar-refractivity contribution in [1.29, 1.82) is 0 Å². The molecule has 0 spiro atoms. The molecule has 0 bridgehead atoms. The number of quaternary nitrogens is 1. The number of likely N-dealkylation sites (N-methyl/N-ethyl adjacent to an activating group) is 1. The molecule has 9 nitrogen and oxygen atoms in total. The first-order valence-electron chi connectivity index (χ1n) is 31.5. The van der Waals surface area contributed by atoms with Crippen molar-refractivity contribution < 1.29 is 37.3 Å². The van der Waals surface area contributed by atoms with Crippen LogP contribution in [0.2, 0.25) is 0 Å². The van der Waals surface area contributed by atoms with Crippen molar-refractivity contribution in [3.05, 3.63) is 134 Å². The third-order valence-corrected chi connectivity index (χ3v) is 14.1. The molecule has 0 aliphatic rings. The SMILES string of the molecule is CC/C=C\C/C=C\C/C=C\C/C=C\C/C=C\C/C=C\CCCCCCC(=O)OC(/C=C\CCCCCCCCCCCCC)C(COP(=O)(O)OCC[N+](C)(C)C)NC(=O)CCC/C=C\C/C=C\C/C=C\C/C=C\CCCCC. The molecule has 0 radical (unpaired) electrons. The van der Waals surface area contributed by atoms with Gasteiger partial charge >= 0.3 is 13.8 Å². The zero-order valence-corrected chi connectivity index (χ0v) is 52.2. The van der Waals surface area contributed by atoms with Crippen LogP contribution < -0.4 is 5.32 Å². The summed E-state index contributed by atoms with van der Waals surface area (Å²) < 4.78 is 30.6. The van der Waals surface area contributed by atoms with Gasteiger partial charge in [0.05, 0.1) is 33.8 Å². The number of carbonyl (C=O) groups is 2. The molecular formula is C69H118N2O7P+. The zero-order valence-electron chi connectivity index (χ0n) is 51.3. The van der Waals surface area contributed by atoms with Crippen molar-refractivity contribution in [3.63, 3.8) is 0 Å². The second-order valence-corrected chi connectivity index (χ2v) is 23.3. The van der Waals surface area contributed by atoms with Gasteiger partial charge in [0, 0.05) is 12.8 Å². The molecule has 0 aromatic rings. The summed E-state index contributed by atoms with van der Waals surface area (Å²) in [7, 11) is 1.43. The van der Waals surface area contributed by atoms with E-state index < -0.39 is 20.0 Å². The monoisotopic (exact) mass is 1120 g/mol. The first-order chi connectivity index (χ1) is 38.4. The van der Waals surface area contributed by atoms with Gasteiger partial charge in [0.2, 0.25) is 5.91 Å². The Kier molecular flexibility index (Phi) is 54.6. The first-order valence-corrected chi connectivity index (χ1v) is 33.0. The maximum absolute atomic E-state index is 13.5. The zero-order chi connectivity index (χ0) is 57.9. The molecule has 3 unspecified atom stereocenters. The van der Waals surface area contributed by atoms with Crippen LogP contribution in [-0.4, -0.2) is 74.3 Å². The van der Waals surface area contributed by atoms with Gasteiger partial charge in [-0.2, -0.15) is 0 Å². The molecule has 450 valence electrons. The number of nitrogens with zero attached hydrogens (tertiary/aromatic N) is 1. The molecule has 0 aromatic carbocycles. The second kappa shape index (κ2) is 57.4. The van der Waals surface area contributed by atoms with Crippen LogP contribution in [-0.2, 0) is 27.9 Å². The van der Waals surface area contributed by atoms with Crippen LogP contribution >= 0.6 is 7.82 Å². The molecular weight excluding hydrogens is 1000 g/mol. The third-order valence-electron chi connectivity index (χ3n) is 13.1. The molecule has 0 heterocycles. The largest absolute Gasteiger partial charge is 0.472 e. The normalized spacial score (nSPS) is 14.6. The number of nitrogens with one attached hydrogen (secondary N) is 1. The number of unbranched alkanes of at least 4 members (excludes halogenated alkanes) is 19. The number of phosphoric ester groups is 1. The van der Waals surface area contributed by atoms with E-state index in [2.05, 4.69) is 148 Å². The summed E-state index contributed by atoms with van der Waals surface area (Å²) in [5.74, 6) is -0.609. The van der Waals surface area contributed by atoms with E-state index in [0.29, 0.717) is 23.9 Å². The van der Waals surface area contributed by atoms with E-state index >= 15 is 0 Å². The molecule has 0 rings (SSSR count). The van der Waals surface area contributed by atoms with Gasteiger partial charge < -0.3 is 19.4 Å². The Labute approximate surface area is 485 Å². The molecule has 1 amide bonds. The van der Waals surface area contributed by atoms with Crippen molar-refractivity contribution in [3.8, 4) is 0 Å². The average molecular weight is 1120 g/mol. The quantitative estimate of drug-likeness (QED) is 0.0205. The lowest BCUT2D eigenvalue weighted by Gasteiger charge is -2.27. The van der Waals surface area contributed by atoms with Crippen LogP contribution in [0.3, 0.4) is 0 Å². The van der Waals surface area contributed by atoms with Gasteiger partial charge in [0.15, 0.2) is 0 Å². The van der Waals surface area contributed by atoms with Gasteiger partial charge in [-0.05, 0) is 122 Å². The van der Waals surface area contributed by atoms with Gasteiger partial charge in [0.25, 0.3) is 0 Å². The van der Waals surface area contributed by atoms with Crippen molar-refractivity contribution in [2.24, 2.45) is 0 Å². The standard InChI is InChI=1S/C69H117N2O7P/c1-7-10-13-16-19-22-25-28-30-32-33-34-35-36-37-39-41-44-47-50-53-56-59-62-69(73)78-67(60-57-54-51-48-45-42-27-24-21-18-15-12-9-3)66(65-77-79(74,75)76-64-63-71(4,5)6)70-68(72)61-58-55-52-49-46-43-40-38-31-29-26-23-20-17-14-11-8-2/h10,13,19-20,22-23,28-31,33-34,36-37,40-41,43-44,49,52,57,60,66-67H,7-9,11-12,14-18,21,24-27,32,35,38-39,42,45-48,50-51,53-56,58-59,61-65H2,1-6H3,(H-,70,72,74,75)/p+1/b13-10-,22-19-,23-20-,30-28-,31-29-,34-33-,37-36-,43-40-,44-41-,52-49-,60-57-. The minimum Gasteiger partial charge on any atom is -0.456 e. The number of ether oxygens (including phenoxy) is 1. The number of carbonyl (C=O) groups excluding carboxylic acids is 2. The van der Waals surface area contributed by atoms with Gasteiger partial charge in [0.1, 0.15) is 19.3 Å². The van der Waals surface area contributed by atoms with E-state index in [1.165, 1.54) is 83.5 Å². The highest BCUT2D eigenvalue weighted by Crippen LogP contribution is 2.43. The lowest BCUT2D eigenvalue weighted by Crippen LogP contribution is -2.47. The van der Waals surface area contributed by atoms with Crippen molar-refractivity contribution in [1.82, 2.24) is 5.32 Å². The molecule has 10 heteroatoms. The smallest absolute Gasteiger partial charge is 0.456 e. The Morgan fingerprint density at radius 3 is 1.27 bits per heavy atom. The van der Waals surface area contributed by atoms with Crippen molar-refractivity contribution in [2.45, 2.75) is 251 Å². The fourth-order valence-electron chi connectivity index (χ4n) is 8.23. The summed E-state index contributed by atoms with van der Waals surface area (Å²) in [6, 6.07) is -0.898. The molecule has 0 fully saturated rings. The highest BCUT2D eigenvalue weighted by molar-refractivity contribution is 7.47. The topological polar surface area (TPSA) is 111 Å². The molecule has 3 atom stereocenters. The summed E-state index contributed by atoms with van der Waals surface area (Å²) in [4.78, 5) is 37.7. The Morgan fingerprint density at radius 1 is 0.456 bits per heavy atom. The van der Waals surface area contributed by atoms with Crippen LogP contribution in [0.4, 0.5) is 0 Å². The number of allylic oxidation sites excluding steroid dienone is 21. The van der Waals surface area contributed by atoms with E-state index in [0.717, 1.165) is 109 Å². The number of rotatable bonds is 55. The minimum absolute atomic E-state index is 0.0183. The molecule has 0 saturated carbocycles. The number of phosphoric acid groups is 1. The highest BCUT2D eigenvalue weighted by atomic mass is 31.2. The Balaban J connectivity index is 5.41. The number of hydrogen-bond donors (Lipinski definition) is 2. The highest BCUT2D eigenvalue weighted by Gasteiger charge is 2.30. The van der Waals surface area contributed by atoms with Crippen molar-refractivity contribution >= 4 is 19.7 Å². The van der Waals surface area contributed by atoms with E-state index in [-0.39, 0.29) is 37.9 Å². The number of hydrogen-bond acceptors (Lipinski definition) is 6. The Hall–Kier alpha value is -3.85. The fraction of sp³-hybridized carbons (Fsp3) is 0.652. The van der Waals surface area contributed by atoms with Gasteiger partial charge in [-0.1, -0.05) is 238 Å². The summed E-state index contributed by atoms with van der Waals surface area (Å²) in [6.07, 6.45) is 81.7. The summed E-state index contributed by atoms with van der Waals surface area (Å²) in [5, 5.41) is 3.01. The van der Waals surface area contributed by atoms with Gasteiger partial charge in [-0.25, -0.2) is 4.57 Å². The maximum Gasteiger partial charge on any atom is 0.472 e. The van der Waals surface area contributed by atoms with Gasteiger partial charge in [-0.3, -0.25) is 18.6 Å². The van der Waals surface area contributed by atoms with Crippen LogP contribution in [0.25, 0.3) is 0 Å². The molecule has 0 aliphatic heterocycles. The van der Waals surface area contributed by atoms with Crippen LogP contribution in [0.5, 0.6) is 0 Å². The number of amides is 1. The van der Waals surface area contributed by atoms with Gasteiger partial charge in [-0.15, -0.1) is 0 Å².